The van der Waals surface area contributed by atoms with Crippen LogP contribution in [0.15, 0.2) is 42.5 Å². The lowest BCUT2D eigenvalue weighted by atomic mass is 9.87. The van der Waals surface area contributed by atoms with Gasteiger partial charge in [0.05, 0.1) is 5.69 Å². The average molecular weight is 316 g/mol. The Morgan fingerprint density at radius 3 is 2.52 bits per heavy atom. The first kappa shape index (κ1) is 15.9. The Kier molecular flexibility index (Phi) is 4.62. The van der Waals surface area contributed by atoms with Crippen molar-refractivity contribution in [3.63, 3.8) is 0 Å². The van der Waals surface area contributed by atoms with Crippen LogP contribution in [0.2, 0.25) is 0 Å². The molecule has 0 aliphatic carbocycles. The molecule has 2 nitrogen and oxygen atoms in total. The molecule has 3 rings (SSSR count). The van der Waals surface area contributed by atoms with Gasteiger partial charge in [-0.2, -0.15) is 0 Å². The number of nitrogens with two attached hydrogens (primary N) is 1. The molecule has 2 N–H and O–H groups in total. The van der Waals surface area contributed by atoms with E-state index in [0.717, 1.165) is 18.9 Å². The number of rotatable bonds is 3. The van der Waals surface area contributed by atoms with Crippen LogP contribution in [0.1, 0.15) is 30.4 Å². The fourth-order valence-corrected chi connectivity index (χ4v) is 3.34. The van der Waals surface area contributed by atoms with Crippen LogP contribution in [-0.2, 0) is 6.42 Å². The van der Waals surface area contributed by atoms with E-state index in [0.29, 0.717) is 18.8 Å². The summed E-state index contributed by atoms with van der Waals surface area (Å²) in [6.07, 6.45) is 1.87. The maximum Gasteiger partial charge on any atom is 0.182 e. The summed E-state index contributed by atoms with van der Waals surface area (Å²) in [5.41, 5.74) is 8.98. The van der Waals surface area contributed by atoms with Gasteiger partial charge in [-0.3, -0.25) is 0 Å². The van der Waals surface area contributed by atoms with Gasteiger partial charge in [0, 0.05) is 25.0 Å². The van der Waals surface area contributed by atoms with E-state index in [4.69, 9.17) is 5.73 Å². The normalized spacial score (nSPS) is 21.5. The number of hydrogen-bond acceptors (Lipinski definition) is 2. The number of nitrogens with zero attached hydrogens (tertiary/aromatic N) is 1. The molecule has 1 aliphatic rings. The van der Waals surface area contributed by atoms with Gasteiger partial charge in [-0.05, 0) is 36.1 Å². The van der Waals surface area contributed by atoms with Gasteiger partial charge in [-0.1, -0.05) is 37.3 Å². The van der Waals surface area contributed by atoms with E-state index in [9.17, 15) is 8.78 Å². The Bertz CT molecular complexity index is 670. The zero-order valence-electron chi connectivity index (χ0n) is 13.3. The Labute approximate surface area is 135 Å². The molecule has 0 spiro atoms. The highest BCUT2D eigenvalue weighted by Crippen LogP contribution is 2.31. The molecule has 2 aromatic rings. The molecule has 0 saturated carbocycles. The van der Waals surface area contributed by atoms with Crippen molar-refractivity contribution < 1.29 is 8.78 Å². The van der Waals surface area contributed by atoms with Crippen molar-refractivity contribution >= 4 is 5.69 Å². The van der Waals surface area contributed by atoms with Crippen LogP contribution < -0.4 is 10.6 Å². The van der Waals surface area contributed by atoms with Crippen molar-refractivity contribution in [2.45, 2.75) is 31.7 Å². The Balaban J connectivity index is 1.85. The first-order valence-corrected chi connectivity index (χ1v) is 8.12. The van der Waals surface area contributed by atoms with Crippen molar-refractivity contribution in [3.05, 3.63) is 65.2 Å². The van der Waals surface area contributed by atoms with Crippen molar-refractivity contribution in [1.29, 1.82) is 0 Å². The predicted octanol–water partition coefficient (Wildman–Crippen LogP) is 3.85. The molecule has 1 heterocycles. The van der Waals surface area contributed by atoms with E-state index in [2.05, 4.69) is 31.2 Å². The lowest BCUT2D eigenvalue weighted by molar-refractivity contribution is 0.442. The van der Waals surface area contributed by atoms with Crippen LogP contribution in [0.4, 0.5) is 14.5 Å². The smallest absolute Gasteiger partial charge is 0.182 e. The molecule has 23 heavy (non-hydrogen) atoms. The molecule has 2 unspecified atom stereocenters. The number of halogens is 2. The van der Waals surface area contributed by atoms with Crippen molar-refractivity contribution in [2.75, 3.05) is 18.0 Å². The summed E-state index contributed by atoms with van der Waals surface area (Å²) in [5.74, 6) is -1.38. The zero-order chi connectivity index (χ0) is 16.4. The van der Waals surface area contributed by atoms with Gasteiger partial charge in [0.2, 0.25) is 0 Å². The summed E-state index contributed by atoms with van der Waals surface area (Å²) in [5, 5.41) is 0. The molecular formula is C19H22F2N2. The fourth-order valence-electron chi connectivity index (χ4n) is 3.34. The van der Waals surface area contributed by atoms with E-state index < -0.39 is 11.6 Å². The lowest BCUT2D eigenvalue weighted by Crippen LogP contribution is -2.46. The molecule has 0 aromatic heterocycles. The first-order chi connectivity index (χ1) is 11.1. The van der Waals surface area contributed by atoms with Crippen LogP contribution >= 0.6 is 0 Å². The molecule has 122 valence electrons. The summed E-state index contributed by atoms with van der Waals surface area (Å²) < 4.78 is 27.6. The van der Waals surface area contributed by atoms with Crippen LogP contribution in [0.5, 0.6) is 0 Å². The SMILES string of the molecule is CCc1ccc(C2CC(N)CN(c3cccc(F)c3F)C2)cc1. The molecule has 2 aromatic carbocycles. The minimum atomic E-state index is -0.814. The third kappa shape index (κ3) is 3.37. The summed E-state index contributed by atoms with van der Waals surface area (Å²) >= 11 is 0. The van der Waals surface area contributed by atoms with Gasteiger partial charge in [0.1, 0.15) is 0 Å². The number of aryl methyl sites for hydroxylation is 1. The highest BCUT2D eigenvalue weighted by atomic mass is 19.2. The predicted molar refractivity (Wildman–Crippen MR) is 89.7 cm³/mol. The summed E-state index contributed by atoms with van der Waals surface area (Å²) in [6, 6.07) is 12.8. The van der Waals surface area contributed by atoms with Crippen LogP contribution in [0.3, 0.4) is 0 Å². The summed E-state index contributed by atoms with van der Waals surface area (Å²) in [6.45, 7) is 3.32. The molecular weight excluding hydrogens is 294 g/mol. The second kappa shape index (κ2) is 6.67. The second-order valence-corrected chi connectivity index (χ2v) is 6.27. The van der Waals surface area contributed by atoms with E-state index in [1.54, 1.807) is 12.1 Å². The number of benzene rings is 2. The number of hydrogen-bond donors (Lipinski definition) is 1. The highest BCUT2D eigenvalue weighted by Gasteiger charge is 2.28. The molecule has 1 aliphatic heterocycles. The molecule has 0 amide bonds. The Hall–Kier alpha value is -1.94. The van der Waals surface area contributed by atoms with Crippen molar-refractivity contribution in [2.24, 2.45) is 5.73 Å². The molecule has 1 saturated heterocycles. The third-order valence-corrected chi connectivity index (χ3v) is 4.61. The van der Waals surface area contributed by atoms with Gasteiger partial charge in [0.25, 0.3) is 0 Å². The third-order valence-electron chi connectivity index (χ3n) is 4.61. The monoisotopic (exact) mass is 316 g/mol. The first-order valence-electron chi connectivity index (χ1n) is 8.12. The minimum absolute atomic E-state index is 0.0535. The summed E-state index contributed by atoms with van der Waals surface area (Å²) in [4.78, 5) is 1.87. The summed E-state index contributed by atoms with van der Waals surface area (Å²) in [7, 11) is 0. The fraction of sp³-hybridized carbons (Fsp3) is 0.368. The van der Waals surface area contributed by atoms with Crippen LogP contribution in [0, 0.1) is 11.6 Å². The van der Waals surface area contributed by atoms with Crippen LogP contribution in [-0.4, -0.2) is 19.1 Å². The van der Waals surface area contributed by atoms with Crippen molar-refractivity contribution in [3.8, 4) is 0 Å². The maximum atomic E-state index is 14.1. The van der Waals surface area contributed by atoms with Crippen molar-refractivity contribution in [1.82, 2.24) is 0 Å². The molecule has 0 bridgehead atoms. The standard InChI is InChI=1S/C19H22F2N2/c1-2-13-6-8-14(9-7-13)15-10-16(22)12-23(11-15)18-5-3-4-17(20)19(18)21/h3-9,15-16H,2,10-12,22H2,1H3. The zero-order valence-corrected chi connectivity index (χ0v) is 13.3. The molecule has 2 atom stereocenters. The highest BCUT2D eigenvalue weighted by molar-refractivity contribution is 5.49. The largest absolute Gasteiger partial charge is 0.367 e. The molecule has 4 heteroatoms. The maximum absolute atomic E-state index is 14.1. The Morgan fingerprint density at radius 1 is 1.09 bits per heavy atom. The quantitative estimate of drug-likeness (QED) is 0.932. The van der Waals surface area contributed by atoms with E-state index in [-0.39, 0.29) is 12.0 Å². The second-order valence-electron chi connectivity index (χ2n) is 6.27. The molecule has 0 radical (unpaired) electrons. The van der Waals surface area contributed by atoms with Gasteiger partial charge in [0.15, 0.2) is 11.6 Å². The van der Waals surface area contributed by atoms with E-state index >= 15 is 0 Å². The van der Waals surface area contributed by atoms with E-state index in [1.165, 1.54) is 11.1 Å². The van der Waals surface area contributed by atoms with Crippen LogP contribution in [0.25, 0.3) is 0 Å². The topological polar surface area (TPSA) is 29.3 Å². The van der Waals surface area contributed by atoms with Gasteiger partial charge >= 0.3 is 0 Å². The molecule has 1 fully saturated rings. The van der Waals surface area contributed by atoms with Gasteiger partial charge in [-0.15, -0.1) is 0 Å². The van der Waals surface area contributed by atoms with Gasteiger partial charge < -0.3 is 10.6 Å². The number of piperidine rings is 1. The Morgan fingerprint density at radius 2 is 1.83 bits per heavy atom. The van der Waals surface area contributed by atoms with E-state index in [1.807, 2.05) is 4.90 Å². The number of anilines is 1. The average Bonchev–Trinajstić information content (AvgIpc) is 2.57. The minimum Gasteiger partial charge on any atom is -0.367 e. The van der Waals surface area contributed by atoms with Gasteiger partial charge in [-0.25, -0.2) is 8.78 Å². The lowest BCUT2D eigenvalue weighted by Gasteiger charge is -2.38.